The van der Waals surface area contributed by atoms with E-state index in [-0.39, 0.29) is 17.9 Å². The first kappa shape index (κ1) is 16.7. The molecule has 0 saturated heterocycles. The predicted octanol–water partition coefficient (Wildman–Crippen LogP) is 3.41. The van der Waals surface area contributed by atoms with Crippen molar-refractivity contribution in [1.29, 1.82) is 5.26 Å². The molecule has 4 nitrogen and oxygen atoms in total. The predicted molar refractivity (Wildman–Crippen MR) is 84.2 cm³/mol. The number of carbonyl (C=O) groups excluding carboxylic acids is 1. The van der Waals surface area contributed by atoms with Gasteiger partial charge < -0.3 is 11.1 Å². The third-order valence-electron chi connectivity index (χ3n) is 3.10. The molecule has 1 aromatic carbocycles. The Morgan fingerprint density at radius 2 is 2.15 bits per heavy atom. The molecular weight excluding hydrogens is 318 g/mol. The number of rotatable bonds is 6. The summed E-state index contributed by atoms with van der Waals surface area (Å²) in [5.41, 5.74) is 6.70. The van der Waals surface area contributed by atoms with Gasteiger partial charge in [-0.05, 0) is 38.0 Å². The Morgan fingerprint density at radius 1 is 1.45 bits per heavy atom. The molecule has 0 bridgehead atoms. The smallest absolute Gasteiger partial charge is 0.227 e. The molecule has 0 aliphatic carbocycles. The largest absolute Gasteiger partial charge is 0.328 e. The number of nitrogens with two attached hydrogens (primary N) is 1. The molecule has 0 radical (unpaired) electrons. The summed E-state index contributed by atoms with van der Waals surface area (Å²) >= 11 is 3.34. The van der Waals surface area contributed by atoms with E-state index in [9.17, 15) is 4.79 Å². The van der Waals surface area contributed by atoms with Crippen molar-refractivity contribution in [2.24, 2.45) is 11.7 Å². The average molecular weight is 338 g/mol. The lowest BCUT2D eigenvalue weighted by atomic mass is 10.0. The summed E-state index contributed by atoms with van der Waals surface area (Å²) in [6.45, 7) is 3.85. The van der Waals surface area contributed by atoms with E-state index in [1.54, 1.807) is 18.2 Å². The minimum atomic E-state index is -0.0979. The number of nitriles is 1. The van der Waals surface area contributed by atoms with Crippen LogP contribution in [0.25, 0.3) is 0 Å². The Morgan fingerprint density at radius 3 is 2.75 bits per heavy atom. The van der Waals surface area contributed by atoms with E-state index in [0.717, 1.165) is 23.7 Å². The van der Waals surface area contributed by atoms with Crippen LogP contribution in [-0.4, -0.2) is 11.9 Å². The van der Waals surface area contributed by atoms with Crippen LogP contribution < -0.4 is 11.1 Å². The van der Waals surface area contributed by atoms with Crippen molar-refractivity contribution in [1.82, 2.24) is 0 Å². The van der Waals surface area contributed by atoms with Gasteiger partial charge >= 0.3 is 0 Å². The van der Waals surface area contributed by atoms with Crippen molar-refractivity contribution < 1.29 is 4.79 Å². The number of nitrogens with zero attached hydrogens (tertiary/aromatic N) is 1. The van der Waals surface area contributed by atoms with Crippen LogP contribution in [0.15, 0.2) is 22.7 Å². The number of amides is 1. The average Bonchev–Trinajstić information content (AvgIpc) is 2.38. The van der Waals surface area contributed by atoms with Crippen LogP contribution in [0.2, 0.25) is 0 Å². The summed E-state index contributed by atoms with van der Waals surface area (Å²) in [5.74, 6) is -0.163. The summed E-state index contributed by atoms with van der Waals surface area (Å²) in [5, 5.41) is 11.9. The fraction of sp³-hybridized carbons (Fsp3) is 0.467. The van der Waals surface area contributed by atoms with Gasteiger partial charge in [-0.3, -0.25) is 4.79 Å². The SMILES string of the molecule is CC(N)CCCC(C)C(=O)Nc1cc(Br)ccc1C#N. The van der Waals surface area contributed by atoms with Gasteiger partial charge in [0.25, 0.3) is 0 Å². The minimum absolute atomic E-state index is 0.0655. The van der Waals surface area contributed by atoms with E-state index in [2.05, 4.69) is 27.3 Å². The molecule has 2 unspecified atom stereocenters. The second-order valence-electron chi connectivity index (χ2n) is 5.10. The van der Waals surface area contributed by atoms with E-state index in [0.29, 0.717) is 11.3 Å². The molecule has 2 atom stereocenters. The number of benzene rings is 1. The first-order chi connectivity index (χ1) is 9.43. The van der Waals surface area contributed by atoms with Crippen molar-refractivity contribution in [3.05, 3.63) is 28.2 Å². The molecule has 1 amide bonds. The van der Waals surface area contributed by atoms with Gasteiger partial charge in [-0.1, -0.05) is 29.3 Å². The van der Waals surface area contributed by atoms with Crippen LogP contribution in [0.5, 0.6) is 0 Å². The topological polar surface area (TPSA) is 78.9 Å². The molecule has 0 aliphatic heterocycles. The fourth-order valence-electron chi connectivity index (χ4n) is 1.85. The summed E-state index contributed by atoms with van der Waals surface area (Å²) in [6, 6.07) is 7.44. The normalized spacial score (nSPS) is 13.3. The van der Waals surface area contributed by atoms with Crippen molar-refractivity contribution in [3.8, 4) is 6.07 Å². The molecule has 0 fully saturated rings. The van der Waals surface area contributed by atoms with Gasteiger partial charge in [0.05, 0.1) is 11.3 Å². The quantitative estimate of drug-likeness (QED) is 0.834. The first-order valence-corrected chi connectivity index (χ1v) is 7.49. The highest BCUT2D eigenvalue weighted by molar-refractivity contribution is 9.10. The van der Waals surface area contributed by atoms with Crippen molar-refractivity contribution in [3.63, 3.8) is 0 Å². The molecule has 1 rings (SSSR count). The number of anilines is 1. The van der Waals surface area contributed by atoms with E-state index in [1.165, 1.54) is 0 Å². The lowest BCUT2D eigenvalue weighted by Crippen LogP contribution is -2.22. The van der Waals surface area contributed by atoms with Gasteiger partial charge in [0.2, 0.25) is 5.91 Å². The minimum Gasteiger partial charge on any atom is -0.328 e. The zero-order valence-electron chi connectivity index (χ0n) is 11.8. The second-order valence-corrected chi connectivity index (χ2v) is 6.02. The molecule has 1 aromatic rings. The summed E-state index contributed by atoms with van der Waals surface area (Å²) in [4.78, 5) is 12.1. The zero-order valence-corrected chi connectivity index (χ0v) is 13.4. The highest BCUT2D eigenvalue weighted by atomic mass is 79.9. The number of hydrogen-bond acceptors (Lipinski definition) is 3. The Hall–Kier alpha value is -1.38. The molecule has 5 heteroatoms. The maximum atomic E-state index is 12.1. The molecule has 3 N–H and O–H groups in total. The van der Waals surface area contributed by atoms with Crippen LogP contribution in [0.4, 0.5) is 5.69 Å². The molecule has 0 heterocycles. The van der Waals surface area contributed by atoms with Crippen LogP contribution >= 0.6 is 15.9 Å². The van der Waals surface area contributed by atoms with Gasteiger partial charge in [0, 0.05) is 16.4 Å². The number of halogens is 1. The van der Waals surface area contributed by atoms with Crippen LogP contribution in [0, 0.1) is 17.2 Å². The molecular formula is C15H20BrN3O. The third-order valence-corrected chi connectivity index (χ3v) is 3.60. The van der Waals surface area contributed by atoms with Gasteiger partial charge in [-0.25, -0.2) is 0 Å². The highest BCUT2D eigenvalue weighted by Crippen LogP contribution is 2.22. The third kappa shape index (κ3) is 5.32. The standard InChI is InChI=1S/C15H20BrN3O/c1-10(4-3-5-11(2)18)15(20)19-14-8-13(16)7-6-12(14)9-17/h6-8,10-11H,3-5,18H2,1-2H3,(H,19,20). The highest BCUT2D eigenvalue weighted by Gasteiger charge is 2.15. The van der Waals surface area contributed by atoms with Crippen LogP contribution in [0.1, 0.15) is 38.7 Å². The molecule has 0 saturated carbocycles. The van der Waals surface area contributed by atoms with Gasteiger partial charge in [0.1, 0.15) is 6.07 Å². The Kier molecular flexibility index (Phi) is 6.69. The van der Waals surface area contributed by atoms with Crippen molar-refractivity contribution >= 4 is 27.5 Å². The second kappa shape index (κ2) is 8.03. The molecule has 0 aliphatic rings. The summed E-state index contributed by atoms with van der Waals surface area (Å²) in [6.07, 6.45) is 2.64. The van der Waals surface area contributed by atoms with Gasteiger partial charge in [-0.15, -0.1) is 0 Å². The van der Waals surface area contributed by atoms with Crippen LogP contribution in [-0.2, 0) is 4.79 Å². The fourth-order valence-corrected chi connectivity index (χ4v) is 2.21. The van der Waals surface area contributed by atoms with Crippen molar-refractivity contribution in [2.75, 3.05) is 5.32 Å². The Labute approximate surface area is 128 Å². The maximum Gasteiger partial charge on any atom is 0.227 e. The van der Waals surface area contributed by atoms with E-state index >= 15 is 0 Å². The molecule has 20 heavy (non-hydrogen) atoms. The number of nitrogens with one attached hydrogen (secondary N) is 1. The van der Waals surface area contributed by atoms with Gasteiger partial charge in [0.15, 0.2) is 0 Å². The van der Waals surface area contributed by atoms with Gasteiger partial charge in [-0.2, -0.15) is 5.26 Å². The maximum absolute atomic E-state index is 12.1. The first-order valence-electron chi connectivity index (χ1n) is 6.70. The lowest BCUT2D eigenvalue weighted by molar-refractivity contribution is -0.119. The summed E-state index contributed by atoms with van der Waals surface area (Å²) < 4.78 is 0.830. The Balaban J connectivity index is 2.62. The molecule has 108 valence electrons. The van der Waals surface area contributed by atoms with E-state index in [4.69, 9.17) is 11.0 Å². The number of carbonyl (C=O) groups is 1. The van der Waals surface area contributed by atoms with E-state index < -0.39 is 0 Å². The molecule has 0 spiro atoms. The molecule has 0 aromatic heterocycles. The van der Waals surface area contributed by atoms with E-state index in [1.807, 2.05) is 13.8 Å². The zero-order chi connectivity index (χ0) is 15.1. The van der Waals surface area contributed by atoms with Crippen LogP contribution in [0.3, 0.4) is 0 Å². The monoisotopic (exact) mass is 337 g/mol. The van der Waals surface area contributed by atoms with Crippen molar-refractivity contribution in [2.45, 2.75) is 39.2 Å². The lowest BCUT2D eigenvalue weighted by Gasteiger charge is -2.14. The number of hydrogen-bond donors (Lipinski definition) is 2. The summed E-state index contributed by atoms with van der Waals surface area (Å²) in [7, 11) is 0. The Bertz CT molecular complexity index is 508.